The number of carbonyl (C=O) groups excluding carboxylic acids is 1. The van der Waals surface area contributed by atoms with Crippen molar-refractivity contribution in [2.75, 3.05) is 0 Å². The molecule has 2 aromatic rings. The summed E-state index contributed by atoms with van der Waals surface area (Å²) < 4.78 is 5.72. The highest BCUT2D eigenvalue weighted by atomic mass is 35.5. The van der Waals surface area contributed by atoms with E-state index >= 15 is 0 Å². The number of hydrogen-bond acceptors (Lipinski definition) is 7. The molecule has 0 saturated carbocycles. The van der Waals surface area contributed by atoms with Crippen molar-refractivity contribution in [3.8, 4) is 11.3 Å². The van der Waals surface area contributed by atoms with Gasteiger partial charge in [-0.2, -0.15) is 15.1 Å². The number of carbonyl (C=O) groups is 1. The monoisotopic (exact) mass is 429 g/mol. The number of nitro groups is 1. The summed E-state index contributed by atoms with van der Waals surface area (Å²) in [4.78, 5) is 26.7. The van der Waals surface area contributed by atoms with Crippen molar-refractivity contribution >= 4 is 57.1 Å². The summed E-state index contributed by atoms with van der Waals surface area (Å²) in [5.74, 6) is 0.0568. The van der Waals surface area contributed by atoms with Gasteiger partial charge in [0.25, 0.3) is 11.6 Å². The normalized spacial score (nSPS) is 17.4. The van der Waals surface area contributed by atoms with Crippen LogP contribution < -0.4 is 0 Å². The molecule has 11 heteroatoms. The third-order valence-corrected chi connectivity index (χ3v) is 5.51. The van der Waals surface area contributed by atoms with Gasteiger partial charge in [0, 0.05) is 17.7 Å². The second-order valence-electron chi connectivity index (χ2n) is 5.99. The number of rotatable bonds is 4. The number of amidine groups is 2. The molecule has 1 amide bonds. The third-order valence-electron chi connectivity index (χ3n) is 4.14. The molecular formula is C18H12ClN5O4S. The van der Waals surface area contributed by atoms with Gasteiger partial charge >= 0.3 is 0 Å². The molecule has 4 rings (SSSR count). The minimum atomic E-state index is -0.548. The number of thioether (sulfide) groups is 1. The van der Waals surface area contributed by atoms with Gasteiger partial charge in [-0.05, 0) is 42.5 Å². The fourth-order valence-corrected chi connectivity index (χ4v) is 3.80. The van der Waals surface area contributed by atoms with Gasteiger partial charge in [-0.3, -0.25) is 20.3 Å². The van der Waals surface area contributed by atoms with Crippen molar-refractivity contribution in [2.45, 2.75) is 13.3 Å². The first-order valence-electron chi connectivity index (χ1n) is 8.40. The lowest BCUT2D eigenvalue weighted by molar-refractivity contribution is -0.384. The highest BCUT2D eigenvalue weighted by Gasteiger charge is 2.35. The summed E-state index contributed by atoms with van der Waals surface area (Å²) in [6.07, 6.45) is 2.09. The van der Waals surface area contributed by atoms with Crippen LogP contribution in [0.5, 0.6) is 0 Å². The number of fused-ring (bicyclic) bond motifs is 1. The van der Waals surface area contributed by atoms with Crippen LogP contribution in [0, 0.1) is 15.5 Å². The van der Waals surface area contributed by atoms with E-state index in [1.54, 1.807) is 12.1 Å². The highest BCUT2D eigenvalue weighted by molar-refractivity contribution is 8.26. The molecule has 146 valence electrons. The van der Waals surface area contributed by atoms with E-state index in [0.717, 1.165) is 5.04 Å². The van der Waals surface area contributed by atoms with Crippen LogP contribution in [0.4, 0.5) is 5.69 Å². The third kappa shape index (κ3) is 3.47. The zero-order valence-corrected chi connectivity index (χ0v) is 16.5. The molecule has 0 aliphatic carbocycles. The van der Waals surface area contributed by atoms with Crippen molar-refractivity contribution in [3.63, 3.8) is 0 Å². The minimum absolute atomic E-state index is 0.0474. The molecule has 0 saturated heterocycles. The van der Waals surface area contributed by atoms with Gasteiger partial charge < -0.3 is 4.42 Å². The zero-order chi connectivity index (χ0) is 20.7. The number of nitrogens with one attached hydrogen (secondary N) is 1. The summed E-state index contributed by atoms with van der Waals surface area (Å²) in [6.45, 7) is 1.93. The van der Waals surface area contributed by atoms with Crippen molar-refractivity contribution in [2.24, 2.45) is 10.1 Å². The summed E-state index contributed by atoms with van der Waals surface area (Å²) >= 11 is 7.40. The molecule has 1 aromatic carbocycles. The van der Waals surface area contributed by atoms with Crippen molar-refractivity contribution in [3.05, 3.63) is 56.8 Å². The maximum absolute atomic E-state index is 12.4. The number of nitro benzene ring substituents is 1. The Hall–Kier alpha value is -3.24. The summed E-state index contributed by atoms with van der Waals surface area (Å²) in [5.41, 5.74) is 0.393. The van der Waals surface area contributed by atoms with Crippen LogP contribution in [0.3, 0.4) is 0 Å². The molecule has 29 heavy (non-hydrogen) atoms. The van der Waals surface area contributed by atoms with Gasteiger partial charge in [-0.15, -0.1) is 0 Å². The van der Waals surface area contributed by atoms with Crippen LogP contribution in [-0.4, -0.2) is 31.9 Å². The van der Waals surface area contributed by atoms with E-state index in [2.05, 4.69) is 10.1 Å². The first kappa shape index (κ1) is 19.1. The van der Waals surface area contributed by atoms with E-state index < -0.39 is 10.8 Å². The van der Waals surface area contributed by atoms with Crippen LogP contribution >= 0.6 is 23.4 Å². The average Bonchev–Trinajstić information content (AvgIpc) is 3.31. The number of hydrazone groups is 1. The van der Waals surface area contributed by atoms with Crippen molar-refractivity contribution < 1.29 is 14.1 Å². The Labute approximate surface area is 173 Å². The smallest absolute Gasteiger partial charge is 0.283 e. The fraction of sp³-hybridized carbons (Fsp3) is 0.111. The van der Waals surface area contributed by atoms with E-state index in [1.807, 2.05) is 6.92 Å². The lowest BCUT2D eigenvalue weighted by Crippen LogP contribution is -2.35. The lowest BCUT2D eigenvalue weighted by Gasteiger charge is -2.19. The first-order valence-corrected chi connectivity index (χ1v) is 9.60. The number of aliphatic imine (C=N–C) groups is 1. The molecule has 0 spiro atoms. The largest absolute Gasteiger partial charge is 0.457 e. The predicted molar refractivity (Wildman–Crippen MR) is 111 cm³/mol. The van der Waals surface area contributed by atoms with Crippen LogP contribution in [0.1, 0.15) is 19.1 Å². The van der Waals surface area contributed by atoms with Crippen LogP contribution in [0.15, 0.2) is 50.4 Å². The molecule has 2 aliphatic rings. The molecule has 9 nitrogen and oxygen atoms in total. The highest BCUT2D eigenvalue weighted by Crippen LogP contribution is 2.33. The van der Waals surface area contributed by atoms with Gasteiger partial charge in [0.05, 0.1) is 15.5 Å². The molecule has 1 N–H and O–H groups in total. The molecule has 3 heterocycles. The average molecular weight is 430 g/mol. The standard InChI is InChI=1S/C18H12ClN5O4S/c1-2-15-22-23-16(20)12(17(25)21-18(23)29-15)8-10-4-6-14(28-10)11-5-3-9(24(26)27)7-13(11)19/h3-8,20H,2H2,1H3. The zero-order valence-electron chi connectivity index (χ0n) is 14.9. The second kappa shape index (κ2) is 7.30. The number of nitrogens with zero attached hydrogens (tertiary/aromatic N) is 4. The van der Waals surface area contributed by atoms with Crippen molar-refractivity contribution in [1.82, 2.24) is 5.01 Å². The summed E-state index contributed by atoms with van der Waals surface area (Å²) in [6, 6.07) is 7.29. The molecule has 0 fully saturated rings. The number of halogens is 1. The molecule has 0 bridgehead atoms. The summed E-state index contributed by atoms with van der Waals surface area (Å²) in [7, 11) is 0. The molecule has 0 unspecified atom stereocenters. The summed E-state index contributed by atoms with van der Waals surface area (Å²) in [5, 5.41) is 26.1. The van der Waals surface area contributed by atoms with Gasteiger partial charge in [0.1, 0.15) is 16.6 Å². The van der Waals surface area contributed by atoms with E-state index in [9.17, 15) is 14.9 Å². The number of furan rings is 1. The van der Waals surface area contributed by atoms with Gasteiger partial charge in [0.15, 0.2) is 5.84 Å². The Kier molecular flexibility index (Phi) is 4.81. The van der Waals surface area contributed by atoms with E-state index in [0.29, 0.717) is 28.7 Å². The van der Waals surface area contributed by atoms with Crippen LogP contribution in [0.2, 0.25) is 5.02 Å². The van der Waals surface area contributed by atoms with Gasteiger partial charge in [0.2, 0.25) is 5.17 Å². The van der Waals surface area contributed by atoms with Crippen molar-refractivity contribution in [1.29, 1.82) is 5.41 Å². The number of benzene rings is 1. The fourth-order valence-electron chi connectivity index (χ4n) is 2.71. The SMILES string of the molecule is CCC1=NN2C(=N)C(=Cc3ccc(-c4ccc([N+](=O)[O-])cc4Cl)o3)C(=O)N=C2S1. The van der Waals surface area contributed by atoms with E-state index in [4.69, 9.17) is 21.4 Å². The maximum Gasteiger partial charge on any atom is 0.283 e. The maximum atomic E-state index is 12.4. The first-order chi connectivity index (χ1) is 13.9. The predicted octanol–water partition coefficient (Wildman–Crippen LogP) is 4.54. The van der Waals surface area contributed by atoms with Gasteiger partial charge in [-0.1, -0.05) is 18.5 Å². The van der Waals surface area contributed by atoms with E-state index in [-0.39, 0.29) is 22.1 Å². The number of amides is 1. The number of hydrogen-bond donors (Lipinski definition) is 1. The molecule has 0 atom stereocenters. The van der Waals surface area contributed by atoms with Crippen LogP contribution in [-0.2, 0) is 4.79 Å². The second-order valence-corrected chi connectivity index (χ2v) is 7.44. The molecular weight excluding hydrogens is 418 g/mol. The van der Waals surface area contributed by atoms with E-state index in [1.165, 1.54) is 41.0 Å². The minimum Gasteiger partial charge on any atom is -0.457 e. The molecule has 0 radical (unpaired) electrons. The Morgan fingerprint density at radius 1 is 1.38 bits per heavy atom. The van der Waals surface area contributed by atoms with Gasteiger partial charge in [-0.25, -0.2) is 0 Å². The molecule has 2 aliphatic heterocycles. The lowest BCUT2D eigenvalue weighted by atomic mass is 10.1. The Morgan fingerprint density at radius 2 is 2.17 bits per heavy atom. The topological polar surface area (TPSA) is 125 Å². The number of non-ortho nitro benzene ring substituents is 1. The van der Waals surface area contributed by atoms with Crippen LogP contribution in [0.25, 0.3) is 17.4 Å². The Bertz CT molecular complexity index is 1170. The Balaban J connectivity index is 1.65. The Morgan fingerprint density at radius 3 is 2.86 bits per heavy atom. The molecule has 1 aromatic heterocycles. The quantitative estimate of drug-likeness (QED) is 0.432.